The average molecular weight is 342 g/mol. The van der Waals surface area contributed by atoms with Crippen LogP contribution >= 0.6 is 27.3 Å². The van der Waals surface area contributed by atoms with Gasteiger partial charge in [-0.15, -0.1) is 11.3 Å². The number of carbonyl (C=O) groups is 2. The zero-order valence-electron chi connectivity index (χ0n) is 9.38. The van der Waals surface area contributed by atoms with E-state index in [1.54, 1.807) is 17.6 Å². The van der Waals surface area contributed by atoms with Gasteiger partial charge in [0.2, 0.25) is 0 Å². The molecule has 6 nitrogen and oxygen atoms in total. The van der Waals surface area contributed by atoms with E-state index >= 15 is 0 Å². The fourth-order valence-corrected chi connectivity index (χ4v) is 2.34. The Bertz CT molecular complexity index is 616. The van der Waals surface area contributed by atoms with Crippen molar-refractivity contribution in [3.63, 3.8) is 0 Å². The highest BCUT2D eigenvalue weighted by atomic mass is 79.9. The Morgan fingerprint density at radius 3 is 2.74 bits per heavy atom. The van der Waals surface area contributed by atoms with Gasteiger partial charge >= 0.3 is 12.0 Å². The molecule has 1 heterocycles. The van der Waals surface area contributed by atoms with E-state index in [-0.39, 0.29) is 11.3 Å². The Morgan fingerprint density at radius 1 is 1.32 bits per heavy atom. The number of aromatic carboxylic acids is 1. The first-order chi connectivity index (χ1) is 9.08. The molecular formula is C11H8BrN3O3S. The molecule has 3 N–H and O–H groups in total. The molecule has 98 valence electrons. The van der Waals surface area contributed by atoms with Gasteiger partial charge in [0.05, 0.1) is 23.0 Å². The van der Waals surface area contributed by atoms with Gasteiger partial charge < -0.3 is 10.4 Å². The highest BCUT2D eigenvalue weighted by Gasteiger charge is 2.15. The SMILES string of the molecule is O=C(Nc1cncs1)Nc1c(Br)cccc1C(=O)O. The lowest BCUT2D eigenvalue weighted by atomic mass is 10.2. The molecule has 2 amide bonds. The summed E-state index contributed by atoms with van der Waals surface area (Å²) in [6.07, 6.45) is 1.50. The summed E-state index contributed by atoms with van der Waals surface area (Å²) in [5.41, 5.74) is 1.79. The summed E-state index contributed by atoms with van der Waals surface area (Å²) in [4.78, 5) is 26.6. The Morgan fingerprint density at radius 2 is 2.11 bits per heavy atom. The number of rotatable bonds is 3. The van der Waals surface area contributed by atoms with Crippen LogP contribution < -0.4 is 10.6 Å². The van der Waals surface area contributed by atoms with Gasteiger partial charge in [-0.25, -0.2) is 9.59 Å². The molecule has 0 saturated carbocycles. The second kappa shape index (κ2) is 5.81. The molecule has 0 saturated heterocycles. The normalized spacial score (nSPS) is 9.95. The predicted octanol–water partition coefficient (Wildman–Crippen LogP) is 3.25. The van der Waals surface area contributed by atoms with E-state index in [2.05, 4.69) is 31.5 Å². The molecular weight excluding hydrogens is 334 g/mol. The molecule has 0 atom stereocenters. The molecule has 0 aliphatic carbocycles. The first-order valence-electron chi connectivity index (χ1n) is 5.06. The third-order valence-electron chi connectivity index (χ3n) is 2.15. The molecule has 0 unspecified atom stereocenters. The minimum absolute atomic E-state index is 0.00818. The van der Waals surface area contributed by atoms with Gasteiger partial charge in [0.1, 0.15) is 5.00 Å². The summed E-state index contributed by atoms with van der Waals surface area (Å²) in [7, 11) is 0. The zero-order valence-corrected chi connectivity index (χ0v) is 11.8. The zero-order chi connectivity index (χ0) is 13.8. The van der Waals surface area contributed by atoms with Gasteiger partial charge in [-0.1, -0.05) is 6.07 Å². The smallest absolute Gasteiger partial charge is 0.337 e. The Balaban J connectivity index is 2.19. The molecule has 0 fully saturated rings. The third-order valence-corrected chi connectivity index (χ3v) is 3.50. The summed E-state index contributed by atoms with van der Waals surface area (Å²) < 4.78 is 0.492. The van der Waals surface area contributed by atoms with Crippen LogP contribution in [0.1, 0.15) is 10.4 Å². The number of carboxylic acid groups (broad SMARTS) is 1. The number of anilines is 2. The van der Waals surface area contributed by atoms with E-state index in [4.69, 9.17) is 5.11 Å². The van der Waals surface area contributed by atoms with Crippen molar-refractivity contribution in [3.05, 3.63) is 39.9 Å². The highest BCUT2D eigenvalue weighted by Crippen LogP contribution is 2.26. The van der Waals surface area contributed by atoms with Crippen molar-refractivity contribution in [1.82, 2.24) is 4.98 Å². The Labute approximate surface area is 120 Å². The number of aromatic nitrogens is 1. The minimum atomic E-state index is -1.12. The molecule has 8 heteroatoms. The van der Waals surface area contributed by atoms with E-state index in [0.717, 1.165) is 0 Å². The summed E-state index contributed by atoms with van der Waals surface area (Å²) in [6.45, 7) is 0. The third kappa shape index (κ3) is 3.30. The average Bonchev–Trinajstić information content (AvgIpc) is 2.84. The van der Waals surface area contributed by atoms with Crippen molar-refractivity contribution in [2.75, 3.05) is 10.6 Å². The molecule has 0 bridgehead atoms. The molecule has 2 aromatic rings. The molecule has 1 aromatic heterocycles. The molecule has 19 heavy (non-hydrogen) atoms. The van der Waals surface area contributed by atoms with Crippen LogP contribution in [0.2, 0.25) is 0 Å². The lowest BCUT2D eigenvalue weighted by molar-refractivity contribution is 0.0698. The van der Waals surface area contributed by atoms with Crippen LogP contribution in [0, 0.1) is 0 Å². The van der Waals surface area contributed by atoms with Crippen molar-refractivity contribution in [3.8, 4) is 0 Å². The molecule has 1 aromatic carbocycles. The number of hydrogen-bond donors (Lipinski definition) is 3. The first kappa shape index (κ1) is 13.5. The van der Waals surface area contributed by atoms with Gasteiger partial charge in [0.15, 0.2) is 0 Å². The van der Waals surface area contributed by atoms with Crippen LogP contribution in [0.25, 0.3) is 0 Å². The number of halogens is 1. The van der Waals surface area contributed by atoms with Crippen LogP contribution in [0.5, 0.6) is 0 Å². The number of urea groups is 1. The number of nitrogens with one attached hydrogen (secondary N) is 2. The predicted molar refractivity (Wildman–Crippen MR) is 75.9 cm³/mol. The lowest BCUT2D eigenvalue weighted by Crippen LogP contribution is -2.20. The summed E-state index contributed by atoms with van der Waals surface area (Å²) in [5, 5.41) is 14.7. The number of thiazole rings is 1. The van der Waals surface area contributed by atoms with Crippen LogP contribution in [-0.2, 0) is 0 Å². The number of amides is 2. The number of para-hydroxylation sites is 1. The van der Waals surface area contributed by atoms with Gasteiger partial charge in [0.25, 0.3) is 0 Å². The van der Waals surface area contributed by atoms with Crippen molar-refractivity contribution < 1.29 is 14.7 Å². The minimum Gasteiger partial charge on any atom is -0.478 e. The molecule has 0 aliphatic rings. The van der Waals surface area contributed by atoms with Crippen LogP contribution in [-0.4, -0.2) is 22.1 Å². The topological polar surface area (TPSA) is 91.3 Å². The van der Waals surface area contributed by atoms with Crippen LogP contribution in [0.3, 0.4) is 0 Å². The molecule has 0 radical (unpaired) electrons. The second-order valence-corrected chi connectivity index (χ2v) is 5.15. The van der Waals surface area contributed by atoms with Crippen molar-refractivity contribution in [2.24, 2.45) is 0 Å². The number of benzene rings is 1. The van der Waals surface area contributed by atoms with Crippen molar-refractivity contribution in [2.45, 2.75) is 0 Å². The Hall–Kier alpha value is -1.93. The molecule has 0 spiro atoms. The van der Waals surface area contributed by atoms with Crippen LogP contribution in [0.4, 0.5) is 15.5 Å². The van der Waals surface area contributed by atoms with Gasteiger partial charge in [0, 0.05) is 4.47 Å². The van der Waals surface area contributed by atoms with Crippen molar-refractivity contribution in [1.29, 1.82) is 0 Å². The number of carboxylic acids is 1. The second-order valence-electron chi connectivity index (χ2n) is 3.41. The van der Waals surface area contributed by atoms with Crippen molar-refractivity contribution >= 4 is 50.0 Å². The number of nitrogens with zero attached hydrogens (tertiary/aromatic N) is 1. The standard InChI is InChI=1S/C11H8BrN3O3S/c12-7-3-1-2-6(10(16)17)9(7)15-11(18)14-8-4-13-5-19-8/h1-5H,(H,16,17)(H2,14,15,18). The first-order valence-corrected chi connectivity index (χ1v) is 6.73. The number of hydrogen-bond acceptors (Lipinski definition) is 4. The summed E-state index contributed by atoms with van der Waals surface area (Å²) in [5.74, 6) is -1.12. The quantitative estimate of drug-likeness (QED) is 0.799. The van der Waals surface area contributed by atoms with E-state index in [0.29, 0.717) is 9.47 Å². The van der Waals surface area contributed by atoms with E-state index < -0.39 is 12.0 Å². The molecule has 0 aliphatic heterocycles. The van der Waals surface area contributed by atoms with E-state index in [1.807, 2.05) is 0 Å². The van der Waals surface area contributed by atoms with Crippen LogP contribution in [0.15, 0.2) is 34.4 Å². The van der Waals surface area contributed by atoms with E-state index in [9.17, 15) is 9.59 Å². The molecule has 2 rings (SSSR count). The van der Waals surface area contributed by atoms with Gasteiger partial charge in [-0.3, -0.25) is 10.3 Å². The fourth-order valence-electron chi connectivity index (χ4n) is 1.36. The monoisotopic (exact) mass is 341 g/mol. The summed E-state index contributed by atoms with van der Waals surface area (Å²) >= 11 is 4.47. The summed E-state index contributed by atoms with van der Waals surface area (Å²) in [6, 6.07) is 4.11. The largest absolute Gasteiger partial charge is 0.478 e. The fraction of sp³-hybridized carbons (Fsp3) is 0. The Kier molecular flexibility index (Phi) is 4.13. The van der Waals surface area contributed by atoms with Gasteiger partial charge in [-0.05, 0) is 28.1 Å². The number of carbonyl (C=O) groups excluding carboxylic acids is 1. The maximum atomic E-state index is 11.7. The highest BCUT2D eigenvalue weighted by molar-refractivity contribution is 9.10. The maximum absolute atomic E-state index is 11.7. The van der Waals surface area contributed by atoms with E-state index in [1.165, 1.54) is 23.6 Å². The lowest BCUT2D eigenvalue weighted by Gasteiger charge is -2.10. The maximum Gasteiger partial charge on any atom is 0.337 e. The van der Waals surface area contributed by atoms with Gasteiger partial charge in [-0.2, -0.15) is 0 Å².